The fourth-order valence-corrected chi connectivity index (χ4v) is 3.75. The van der Waals surface area contributed by atoms with Crippen LogP contribution in [0.15, 0.2) is 23.1 Å². The Morgan fingerprint density at radius 1 is 1.24 bits per heavy atom. The van der Waals surface area contributed by atoms with Crippen LogP contribution in [0.4, 0.5) is 0 Å². The van der Waals surface area contributed by atoms with Crippen molar-refractivity contribution in [2.45, 2.75) is 45.1 Å². The number of sulfonamides is 1. The maximum Gasteiger partial charge on any atom is 0.310 e. The molecule has 2 N–H and O–H groups in total. The van der Waals surface area contributed by atoms with Crippen LogP contribution in [0.5, 0.6) is 0 Å². The molecule has 5 nitrogen and oxygen atoms in total. The number of hydrogen-bond acceptors (Lipinski definition) is 3. The SMILES string of the molecule is Cc1ccc(S(=O)(=O)NC(C)(C)C(C)(C)C(=O)O)c(Cl)c1. The first-order valence-corrected chi connectivity index (χ1v) is 8.21. The van der Waals surface area contributed by atoms with Crippen LogP contribution < -0.4 is 4.72 Å². The van der Waals surface area contributed by atoms with E-state index in [2.05, 4.69) is 4.72 Å². The zero-order valence-electron chi connectivity index (χ0n) is 12.7. The number of benzene rings is 1. The number of carboxylic acids is 1. The topological polar surface area (TPSA) is 83.5 Å². The van der Waals surface area contributed by atoms with Gasteiger partial charge in [0.15, 0.2) is 0 Å². The van der Waals surface area contributed by atoms with Gasteiger partial charge in [0.05, 0.1) is 10.4 Å². The van der Waals surface area contributed by atoms with E-state index < -0.39 is 26.9 Å². The lowest BCUT2D eigenvalue weighted by atomic mass is 9.75. The van der Waals surface area contributed by atoms with Gasteiger partial charge in [-0.15, -0.1) is 0 Å². The van der Waals surface area contributed by atoms with Gasteiger partial charge in [0.2, 0.25) is 10.0 Å². The van der Waals surface area contributed by atoms with E-state index in [1.807, 2.05) is 0 Å². The molecule has 0 atom stereocenters. The summed E-state index contributed by atoms with van der Waals surface area (Å²) in [6.45, 7) is 7.79. The summed E-state index contributed by atoms with van der Waals surface area (Å²) in [5.74, 6) is -1.09. The molecular weight excluding hydrogens is 314 g/mol. The lowest BCUT2D eigenvalue weighted by molar-refractivity contribution is -0.150. The van der Waals surface area contributed by atoms with Crippen LogP contribution in [-0.2, 0) is 14.8 Å². The standard InChI is InChI=1S/C14H20ClNO4S/c1-9-6-7-11(10(15)8-9)21(19,20)16-14(4,5)13(2,3)12(17)18/h6-8,16H,1-5H3,(H,17,18). The van der Waals surface area contributed by atoms with Crippen molar-refractivity contribution in [3.8, 4) is 0 Å². The summed E-state index contributed by atoms with van der Waals surface area (Å²) in [7, 11) is -3.93. The number of nitrogens with one attached hydrogen (secondary N) is 1. The predicted octanol–water partition coefficient (Wildman–Crippen LogP) is 2.82. The monoisotopic (exact) mass is 333 g/mol. The summed E-state index contributed by atoms with van der Waals surface area (Å²) in [5.41, 5.74) is -1.66. The van der Waals surface area contributed by atoms with Gasteiger partial charge in [-0.25, -0.2) is 13.1 Å². The van der Waals surface area contributed by atoms with E-state index in [9.17, 15) is 18.3 Å². The van der Waals surface area contributed by atoms with E-state index in [-0.39, 0.29) is 9.92 Å². The van der Waals surface area contributed by atoms with Crippen molar-refractivity contribution in [2.75, 3.05) is 0 Å². The number of carbonyl (C=O) groups is 1. The van der Waals surface area contributed by atoms with Gasteiger partial charge in [0, 0.05) is 5.54 Å². The molecule has 0 aliphatic carbocycles. The Morgan fingerprint density at radius 3 is 2.19 bits per heavy atom. The molecule has 0 saturated carbocycles. The average molecular weight is 334 g/mol. The van der Waals surface area contributed by atoms with Gasteiger partial charge in [0.1, 0.15) is 4.90 Å². The van der Waals surface area contributed by atoms with Gasteiger partial charge in [-0.3, -0.25) is 4.79 Å². The Labute approximate surface area is 130 Å². The van der Waals surface area contributed by atoms with Crippen molar-refractivity contribution in [3.63, 3.8) is 0 Å². The van der Waals surface area contributed by atoms with Gasteiger partial charge in [-0.05, 0) is 52.3 Å². The highest BCUT2D eigenvalue weighted by Gasteiger charge is 2.46. The minimum absolute atomic E-state index is 0.0657. The van der Waals surface area contributed by atoms with E-state index in [4.69, 9.17) is 11.6 Å². The second-order valence-corrected chi connectivity index (χ2v) is 8.15. The second kappa shape index (κ2) is 5.59. The molecule has 0 amide bonds. The molecule has 1 aromatic carbocycles. The molecule has 21 heavy (non-hydrogen) atoms. The second-order valence-electron chi connectivity index (χ2n) is 6.09. The van der Waals surface area contributed by atoms with Crippen LogP contribution in [0, 0.1) is 12.3 Å². The Bertz CT molecular complexity index is 666. The summed E-state index contributed by atoms with van der Waals surface area (Å²) in [6, 6.07) is 4.59. The highest BCUT2D eigenvalue weighted by atomic mass is 35.5. The van der Waals surface area contributed by atoms with Gasteiger partial charge in [-0.2, -0.15) is 0 Å². The van der Waals surface area contributed by atoms with E-state index in [0.29, 0.717) is 0 Å². The number of aliphatic carboxylic acids is 1. The molecule has 0 unspecified atom stereocenters. The quantitative estimate of drug-likeness (QED) is 0.867. The average Bonchev–Trinajstić information content (AvgIpc) is 2.25. The van der Waals surface area contributed by atoms with Crippen molar-refractivity contribution in [3.05, 3.63) is 28.8 Å². The molecule has 7 heteroatoms. The van der Waals surface area contributed by atoms with Crippen LogP contribution in [0.25, 0.3) is 0 Å². The zero-order chi connectivity index (χ0) is 16.6. The molecule has 0 aliphatic rings. The van der Waals surface area contributed by atoms with Crippen LogP contribution >= 0.6 is 11.6 Å². The number of rotatable bonds is 5. The van der Waals surface area contributed by atoms with Crippen LogP contribution in [0.1, 0.15) is 33.3 Å². The minimum Gasteiger partial charge on any atom is -0.481 e. The summed E-state index contributed by atoms with van der Waals surface area (Å²) < 4.78 is 27.4. The summed E-state index contributed by atoms with van der Waals surface area (Å²) in [6.07, 6.45) is 0. The van der Waals surface area contributed by atoms with Crippen LogP contribution in [0.3, 0.4) is 0 Å². The van der Waals surface area contributed by atoms with Crippen LogP contribution in [0.2, 0.25) is 5.02 Å². The van der Waals surface area contributed by atoms with E-state index in [1.165, 1.54) is 33.8 Å². The van der Waals surface area contributed by atoms with Gasteiger partial charge < -0.3 is 5.11 Å². The van der Waals surface area contributed by atoms with E-state index in [0.717, 1.165) is 5.56 Å². The zero-order valence-corrected chi connectivity index (χ0v) is 14.3. The smallest absolute Gasteiger partial charge is 0.310 e. The maximum absolute atomic E-state index is 12.5. The molecule has 118 valence electrons. The Hall–Kier alpha value is -1.11. The van der Waals surface area contributed by atoms with E-state index >= 15 is 0 Å². The third-order valence-electron chi connectivity index (χ3n) is 3.86. The fraction of sp³-hybridized carbons (Fsp3) is 0.500. The molecule has 0 aliphatic heterocycles. The number of halogens is 1. The summed E-state index contributed by atoms with van der Waals surface area (Å²) >= 11 is 5.98. The number of hydrogen-bond donors (Lipinski definition) is 2. The molecular formula is C14H20ClNO4S. The third kappa shape index (κ3) is 3.56. The molecule has 0 saturated heterocycles. The van der Waals surface area contributed by atoms with Crippen molar-refractivity contribution >= 4 is 27.6 Å². The molecule has 0 heterocycles. The molecule has 0 spiro atoms. The minimum atomic E-state index is -3.93. The Morgan fingerprint density at radius 2 is 1.76 bits per heavy atom. The Balaban J connectivity index is 3.25. The maximum atomic E-state index is 12.5. The van der Waals surface area contributed by atoms with Crippen molar-refractivity contribution < 1.29 is 18.3 Å². The highest BCUT2D eigenvalue weighted by molar-refractivity contribution is 7.89. The first-order chi connectivity index (χ1) is 9.31. The van der Waals surface area contributed by atoms with Crippen LogP contribution in [-0.4, -0.2) is 25.0 Å². The molecule has 0 radical (unpaired) electrons. The van der Waals surface area contributed by atoms with Gasteiger partial charge in [-0.1, -0.05) is 17.7 Å². The lowest BCUT2D eigenvalue weighted by Gasteiger charge is -2.38. The van der Waals surface area contributed by atoms with Crippen molar-refractivity contribution in [1.29, 1.82) is 0 Å². The lowest BCUT2D eigenvalue weighted by Crippen LogP contribution is -2.56. The number of aryl methyl sites for hydroxylation is 1. The predicted molar refractivity (Wildman–Crippen MR) is 82.0 cm³/mol. The molecule has 0 fully saturated rings. The molecule has 0 aromatic heterocycles. The van der Waals surface area contributed by atoms with Gasteiger partial charge >= 0.3 is 5.97 Å². The number of carboxylic acid groups (broad SMARTS) is 1. The Kier molecular flexibility index (Phi) is 4.77. The fourth-order valence-electron chi connectivity index (χ4n) is 1.61. The first kappa shape index (κ1) is 17.9. The summed E-state index contributed by atoms with van der Waals surface area (Å²) in [5, 5.41) is 9.38. The van der Waals surface area contributed by atoms with Crippen molar-refractivity contribution in [2.24, 2.45) is 5.41 Å². The van der Waals surface area contributed by atoms with Gasteiger partial charge in [0.25, 0.3) is 0 Å². The summed E-state index contributed by atoms with van der Waals surface area (Å²) in [4.78, 5) is 11.3. The molecule has 0 bridgehead atoms. The first-order valence-electron chi connectivity index (χ1n) is 6.35. The molecule has 1 rings (SSSR count). The van der Waals surface area contributed by atoms with E-state index in [1.54, 1.807) is 19.1 Å². The molecule has 1 aromatic rings. The van der Waals surface area contributed by atoms with Crippen molar-refractivity contribution in [1.82, 2.24) is 4.72 Å². The third-order valence-corrected chi connectivity index (χ3v) is 6.00. The largest absolute Gasteiger partial charge is 0.481 e. The highest BCUT2D eigenvalue weighted by Crippen LogP contribution is 2.33. The normalized spacial score (nSPS) is 13.2.